The SMILES string of the molecule is CSCC[C@H](NC(=O)[C@H](Cc1cnc[nH]1)NC(=O)[C@@H](N)Cc1cnc[nH]1)C(=O)N1CCC[C@H]1C(=O)N[C@@H](Cc1cnc[nH]1)C(=O)N[C@@H](CC(=O)O)C(=O)N[C@@H](CCCCN)C(=O)O. The highest BCUT2D eigenvalue weighted by Crippen LogP contribution is 2.21. The smallest absolute Gasteiger partial charge is 0.326 e. The normalized spacial score (nSPS) is 16.4. The number of aliphatic carboxylic acids is 2. The van der Waals surface area contributed by atoms with Crippen molar-refractivity contribution in [2.24, 2.45) is 11.5 Å². The molecule has 4 heterocycles. The molecule has 25 heteroatoms. The number of hydrogen-bond donors (Lipinski definition) is 12. The van der Waals surface area contributed by atoms with E-state index in [4.69, 9.17) is 11.5 Å². The molecule has 344 valence electrons. The predicted octanol–water partition coefficient (Wildman–Crippen LogP) is -2.93. The molecule has 24 nitrogen and oxygen atoms in total. The molecule has 14 N–H and O–H groups in total. The van der Waals surface area contributed by atoms with Crippen molar-refractivity contribution in [3.05, 3.63) is 54.7 Å². The topological polar surface area (TPSA) is 378 Å². The average Bonchev–Trinajstić information content (AvgIpc) is 4.10. The van der Waals surface area contributed by atoms with Gasteiger partial charge in [-0.1, -0.05) is 0 Å². The number of aromatic nitrogens is 6. The van der Waals surface area contributed by atoms with E-state index in [1.165, 1.54) is 54.2 Å². The number of carboxylic acid groups (broad SMARTS) is 2. The standard InChI is InChI=1S/C38H56N14O10S/c1-63-10-7-25(47-33(56)27(12-22-16-42-19-45-22)49-32(55)24(40)11-21-15-41-18-44-21)37(60)52-9-4-6-30(52)36(59)51-28(13-23-17-43-20-46-23)34(57)50-29(14-31(53)54)35(58)48-26(38(61)62)5-2-3-8-39/h15-20,24-30H,2-14,39-40H2,1H3,(H,41,44)(H,42,45)(H,43,46)(H,47,56)(H,48,58)(H,49,55)(H,50,57)(H,51,59)(H,53,54)(H,61,62)/t24-,25-,26-,27-,28-,29-,30-/m0/s1. The summed E-state index contributed by atoms with van der Waals surface area (Å²) in [5.74, 6) is -7.05. The van der Waals surface area contributed by atoms with Gasteiger partial charge in [-0.05, 0) is 57.1 Å². The summed E-state index contributed by atoms with van der Waals surface area (Å²) in [5.41, 5.74) is 13.2. The van der Waals surface area contributed by atoms with Crippen LogP contribution in [0.4, 0.5) is 0 Å². The van der Waals surface area contributed by atoms with E-state index in [2.05, 4.69) is 56.5 Å². The lowest BCUT2D eigenvalue weighted by atomic mass is 10.1. The van der Waals surface area contributed by atoms with Crippen LogP contribution in [0.3, 0.4) is 0 Å². The Bertz CT molecular complexity index is 1970. The van der Waals surface area contributed by atoms with Gasteiger partial charge in [0.15, 0.2) is 0 Å². The number of likely N-dealkylation sites (tertiary alicyclic amines) is 1. The van der Waals surface area contributed by atoms with Crippen molar-refractivity contribution in [1.29, 1.82) is 0 Å². The van der Waals surface area contributed by atoms with Gasteiger partial charge in [0.05, 0.1) is 31.4 Å². The zero-order valence-electron chi connectivity index (χ0n) is 34.7. The summed E-state index contributed by atoms with van der Waals surface area (Å²) in [4.78, 5) is 128. The molecule has 1 aliphatic heterocycles. The Morgan fingerprint density at radius 2 is 1.25 bits per heavy atom. The highest BCUT2D eigenvalue weighted by Gasteiger charge is 2.40. The monoisotopic (exact) mass is 900 g/mol. The van der Waals surface area contributed by atoms with Crippen molar-refractivity contribution >= 4 is 59.1 Å². The number of nitrogens with one attached hydrogen (secondary N) is 8. The molecule has 0 radical (unpaired) electrons. The number of carbonyl (C=O) groups is 8. The van der Waals surface area contributed by atoms with E-state index >= 15 is 0 Å². The molecule has 1 saturated heterocycles. The van der Waals surface area contributed by atoms with Crippen LogP contribution in [-0.2, 0) is 57.6 Å². The second-order valence-corrected chi connectivity index (χ2v) is 15.9. The fourth-order valence-corrected chi connectivity index (χ4v) is 7.34. The number of nitrogens with zero attached hydrogens (tertiary/aromatic N) is 4. The summed E-state index contributed by atoms with van der Waals surface area (Å²) < 4.78 is 0. The maximum atomic E-state index is 14.3. The van der Waals surface area contributed by atoms with Gasteiger partial charge in [-0.25, -0.2) is 19.7 Å². The van der Waals surface area contributed by atoms with E-state index in [-0.39, 0.29) is 45.1 Å². The first kappa shape index (κ1) is 49.3. The number of thioether (sulfide) groups is 1. The summed E-state index contributed by atoms with van der Waals surface area (Å²) in [6.45, 7) is 0.427. The Balaban J connectivity index is 1.50. The van der Waals surface area contributed by atoms with Crippen LogP contribution in [0.1, 0.15) is 62.0 Å². The molecular weight excluding hydrogens is 845 g/mol. The van der Waals surface area contributed by atoms with Crippen LogP contribution in [0.2, 0.25) is 0 Å². The molecular formula is C38H56N14O10S. The third kappa shape index (κ3) is 15.5. The Morgan fingerprint density at radius 1 is 0.730 bits per heavy atom. The average molecular weight is 901 g/mol. The molecule has 7 atom stereocenters. The molecule has 0 bridgehead atoms. The van der Waals surface area contributed by atoms with Crippen molar-refractivity contribution in [1.82, 2.24) is 61.4 Å². The molecule has 4 rings (SSSR count). The molecule has 3 aromatic rings. The Hall–Kier alpha value is -6.34. The van der Waals surface area contributed by atoms with Crippen LogP contribution in [0.15, 0.2) is 37.6 Å². The first-order chi connectivity index (χ1) is 30.2. The van der Waals surface area contributed by atoms with Gasteiger partial charge in [-0.15, -0.1) is 0 Å². The van der Waals surface area contributed by atoms with Gasteiger partial charge in [-0.3, -0.25) is 33.6 Å². The maximum absolute atomic E-state index is 14.3. The molecule has 0 saturated carbocycles. The highest BCUT2D eigenvalue weighted by atomic mass is 32.2. The van der Waals surface area contributed by atoms with E-state index in [0.29, 0.717) is 48.6 Å². The minimum absolute atomic E-state index is 0.00722. The summed E-state index contributed by atoms with van der Waals surface area (Å²) in [6.07, 6.45) is 11.0. The lowest BCUT2D eigenvalue weighted by molar-refractivity contribution is -0.144. The van der Waals surface area contributed by atoms with Crippen LogP contribution in [0.25, 0.3) is 0 Å². The molecule has 1 aliphatic rings. The van der Waals surface area contributed by atoms with Crippen LogP contribution < -0.4 is 38.1 Å². The van der Waals surface area contributed by atoms with Crippen molar-refractivity contribution in [3.63, 3.8) is 0 Å². The first-order valence-electron chi connectivity index (χ1n) is 20.3. The zero-order chi connectivity index (χ0) is 45.9. The van der Waals surface area contributed by atoms with Gasteiger partial charge in [0.1, 0.15) is 36.3 Å². The Kier molecular flexibility index (Phi) is 19.5. The molecule has 0 unspecified atom stereocenters. The number of nitrogens with two attached hydrogens (primary N) is 2. The van der Waals surface area contributed by atoms with Crippen LogP contribution >= 0.6 is 11.8 Å². The lowest BCUT2D eigenvalue weighted by Gasteiger charge is -2.31. The number of imidazole rings is 3. The van der Waals surface area contributed by atoms with Gasteiger partial charge in [0.25, 0.3) is 0 Å². The molecule has 6 amide bonds. The molecule has 0 aromatic carbocycles. The maximum Gasteiger partial charge on any atom is 0.326 e. The van der Waals surface area contributed by atoms with Crippen LogP contribution in [-0.4, -0.2) is 160 Å². The molecule has 63 heavy (non-hydrogen) atoms. The van der Waals surface area contributed by atoms with E-state index in [1.807, 2.05) is 6.26 Å². The summed E-state index contributed by atoms with van der Waals surface area (Å²) >= 11 is 1.42. The summed E-state index contributed by atoms with van der Waals surface area (Å²) in [5, 5.41) is 32.0. The van der Waals surface area contributed by atoms with E-state index in [9.17, 15) is 48.6 Å². The quantitative estimate of drug-likeness (QED) is 0.0341. The van der Waals surface area contributed by atoms with Crippen LogP contribution in [0, 0.1) is 0 Å². The summed E-state index contributed by atoms with van der Waals surface area (Å²) in [7, 11) is 0. The van der Waals surface area contributed by atoms with Gasteiger partial charge >= 0.3 is 11.9 Å². The van der Waals surface area contributed by atoms with Gasteiger partial charge in [0.2, 0.25) is 35.4 Å². The number of aromatic amines is 3. The minimum Gasteiger partial charge on any atom is -0.481 e. The Labute approximate surface area is 366 Å². The van der Waals surface area contributed by atoms with Crippen molar-refractivity contribution < 1.29 is 48.6 Å². The zero-order valence-corrected chi connectivity index (χ0v) is 35.5. The number of rotatable bonds is 27. The van der Waals surface area contributed by atoms with Gasteiger partial charge in [0, 0.05) is 61.5 Å². The third-order valence-corrected chi connectivity index (χ3v) is 10.8. The second kappa shape index (κ2) is 24.9. The van der Waals surface area contributed by atoms with Crippen molar-refractivity contribution in [3.8, 4) is 0 Å². The summed E-state index contributed by atoms with van der Waals surface area (Å²) in [6, 6.07) is -9.02. The largest absolute Gasteiger partial charge is 0.481 e. The van der Waals surface area contributed by atoms with Gasteiger partial charge in [-0.2, -0.15) is 11.8 Å². The van der Waals surface area contributed by atoms with E-state index in [0.717, 1.165) is 0 Å². The second-order valence-electron chi connectivity index (χ2n) is 14.9. The molecule has 3 aromatic heterocycles. The molecule has 0 aliphatic carbocycles. The first-order valence-corrected chi connectivity index (χ1v) is 21.7. The Morgan fingerprint density at radius 3 is 1.78 bits per heavy atom. The van der Waals surface area contributed by atoms with Crippen molar-refractivity contribution in [2.45, 2.75) is 107 Å². The number of amides is 6. The number of unbranched alkanes of at least 4 members (excludes halogenated alkanes) is 1. The number of carbonyl (C=O) groups excluding carboxylic acids is 6. The number of H-pyrrole nitrogens is 3. The fourth-order valence-electron chi connectivity index (χ4n) is 6.87. The third-order valence-electron chi connectivity index (χ3n) is 10.2. The number of hydrogen-bond acceptors (Lipinski definition) is 14. The highest BCUT2D eigenvalue weighted by molar-refractivity contribution is 7.98. The number of carboxylic acids is 2. The molecule has 0 spiro atoms. The van der Waals surface area contributed by atoms with E-state index in [1.54, 1.807) is 0 Å². The van der Waals surface area contributed by atoms with Gasteiger partial charge < -0.3 is 68.1 Å². The van der Waals surface area contributed by atoms with E-state index < -0.39 is 96.1 Å². The predicted molar refractivity (Wildman–Crippen MR) is 225 cm³/mol. The van der Waals surface area contributed by atoms with Crippen LogP contribution in [0.5, 0.6) is 0 Å². The lowest BCUT2D eigenvalue weighted by Crippen LogP contribution is -2.60. The molecule has 1 fully saturated rings. The minimum atomic E-state index is -1.73. The fraction of sp³-hybridized carbons (Fsp3) is 0.553. The van der Waals surface area contributed by atoms with Crippen molar-refractivity contribution in [2.75, 3.05) is 25.1 Å².